The first-order valence-corrected chi connectivity index (χ1v) is 6.61. The highest BCUT2D eigenvalue weighted by Crippen LogP contribution is 2.32. The van der Waals surface area contributed by atoms with Crippen LogP contribution in [0, 0.1) is 5.92 Å². The Bertz CT molecular complexity index is 644. The van der Waals surface area contributed by atoms with Gasteiger partial charge in [-0.15, -0.1) is 0 Å². The van der Waals surface area contributed by atoms with Gasteiger partial charge in [-0.3, -0.25) is 4.68 Å². The van der Waals surface area contributed by atoms with Gasteiger partial charge in [-0.25, -0.2) is 4.79 Å². The van der Waals surface area contributed by atoms with Crippen molar-refractivity contribution in [2.45, 2.75) is 19.4 Å². The normalized spacial score (nSPS) is 14.2. The van der Waals surface area contributed by atoms with Crippen molar-refractivity contribution in [1.29, 1.82) is 0 Å². The molecule has 0 amide bonds. The van der Waals surface area contributed by atoms with Crippen molar-refractivity contribution in [3.8, 4) is 16.9 Å². The second-order valence-corrected chi connectivity index (χ2v) is 5.12. The molecule has 0 aliphatic heterocycles. The molecule has 1 heterocycles. The summed E-state index contributed by atoms with van der Waals surface area (Å²) in [5.74, 6) is 0.341. The highest BCUT2D eigenvalue weighted by atomic mass is 16.5. The van der Waals surface area contributed by atoms with Gasteiger partial charge >= 0.3 is 5.97 Å². The molecule has 1 aliphatic carbocycles. The summed E-state index contributed by atoms with van der Waals surface area (Å²) in [5, 5.41) is 14.3. The number of phenols is 1. The number of carbonyl (C=O) groups excluding carboxylic acids is 1. The predicted octanol–water partition coefficient (Wildman–Crippen LogP) is 2.45. The molecule has 20 heavy (non-hydrogen) atoms. The van der Waals surface area contributed by atoms with E-state index in [2.05, 4.69) is 9.84 Å². The molecule has 0 atom stereocenters. The van der Waals surface area contributed by atoms with E-state index in [1.807, 2.05) is 10.9 Å². The molecule has 0 radical (unpaired) electrons. The number of hydrogen-bond acceptors (Lipinski definition) is 4. The summed E-state index contributed by atoms with van der Waals surface area (Å²) in [6, 6.07) is 4.76. The second kappa shape index (κ2) is 5.00. The number of rotatable bonds is 4. The Morgan fingerprint density at radius 2 is 2.30 bits per heavy atom. The maximum Gasteiger partial charge on any atom is 0.337 e. The maximum absolute atomic E-state index is 11.4. The smallest absolute Gasteiger partial charge is 0.337 e. The molecule has 1 aliphatic rings. The van der Waals surface area contributed by atoms with Crippen LogP contribution in [-0.4, -0.2) is 28.0 Å². The minimum atomic E-state index is -0.462. The third-order valence-corrected chi connectivity index (χ3v) is 3.51. The standard InChI is InChI=1S/C15H16N2O3/c1-20-15(19)11-4-5-13(14(18)6-11)12-7-16-17(9-12)8-10-2-3-10/h4-7,9-10,18H,2-3,8H2,1H3. The highest BCUT2D eigenvalue weighted by molar-refractivity contribution is 5.91. The van der Waals surface area contributed by atoms with Gasteiger partial charge in [-0.1, -0.05) is 0 Å². The van der Waals surface area contributed by atoms with E-state index in [1.54, 1.807) is 18.3 Å². The van der Waals surface area contributed by atoms with Crippen molar-refractivity contribution in [2.75, 3.05) is 7.11 Å². The van der Waals surface area contributed by atoms with Gasteiger partial charge in [0, 0.05) is 23.9 Å². The summed E-state index contributed by atoms with van der Waals surface area (Å²) in [4.78, 5) is 11.4. The van der Waals surface area contributed by atoms with Crippen molar-refractivity contribution >= 4 is 5.97 Å². The molecule has 0 bridgehead atoms. The molecule has 2 aromatic rings. The zero-order chi connectivity index (χ0) is 14.1. The van der Waals surface area contributed by atoms with Crippen LogP contribution in [0.3, 0.4) is 0 Å². The number of aromatic nitrogens is 2. The molecule has 0 unspecified atom stereocenters. The number of hydrogen-bond donors (Lipinski definition) is 1. The van der Waals surface area contributed by atoms with E-state index in [0.29, 0.717) is 11.1 Å². The van der Waals surface area contributed by atoms with Gasteiger partial charge in [0.15, 0.2) is 0 Å². The number of benzene rings is 1. The number of phenolic OH excluding ortho intramolecular Hbond substituents is 1. The lowest BCUT2D eigenvalue weighted by Crippen LogP contribution is -2.00. The van der Waals surface area contributed by atoms with Gasteiger partial charge < -0.3 is 9.84 Å². The zero-order valence-electron chi connectivity index (χ0n) is 11.2. The van der Waals surface area contributed by atoms with Crippen LogP contribution < -0.4 is 0 Å². The molecule has 104 valence electrons. The number of nitrogens with zero attached hydrogens (tertiary/aromatic N) is 2. The van der Waals surface area contributed by atoms with E-state index in [9.17, 15) is 9.90 Å². The Balaban J connectivity index is 1.85. The van der Waals surface area contributed by atoms with Crippen molar-refractivity contribution < 1.29 is 14.6 Å². The van der Waals surface area contributed by atoms with Gasteiger partial charge in [0.25, 0.3) is 0 Å². The quantitative estimate of drug-likeness (QED) is 0.868. The minimum Gasteiger partial charge on any atom is -0.507 e. The van der Waals surface area contributed by atoms with Crippen molar-refractivity contribution in [3.05, 3.63) is 36.2 Å². The lowest BCUT2D eigenvalue weighted by Gasteiger charge is -2.04. The predicted molar refractivity (Wildman–Crippen MR) is 73.4 cm³/mol. The number of methoxy groups -OCH3 is 1. The van der Waals surface area contributed by atoms with Gasteiger partial charge in [0.1, 0.15) is 5.75 Å². The van der Waals surface area contributed by atoms with E-state index in [0.717, 1.165) is 18.0 Å². The zero-order valence-corrected chi connectivity index (χ0v) is 11.2. The molecule has 3 rings (SSSR count). The lowest BCUT2D eigenvalue weighted by molar-refractivity contribution is 0.0600. The van der Waals surface area contributed by atoms with Gasteiger partial charge in [0.2, 0.25) is 0 Å². The molecule has 1 N–H and O–H groups in total. The van der Waals surface area contributed by atoms with Crippen LogP contribution >= 0.6 is 0 Å². The Morgan fingerprint density at radius 3 is 2.95 bits per heavy atom. The first-order valence-electron chi connectivity index (χ1n) is 6.61. The van der Waals surface area contributed by atoms with E-state index in [1.165, 1.54) is 26.0 Å². The first-order chi connectivity index (χ1) is 9.67. The Kier molecular flexibility index (Phi) is 3.18. The second-order valence-electron chi connectivity index (χ2n) is 5.12. The maximum atomic E-state index is 11.4. The fourth-order valence-corrected chi connectivity index (χ4v) is 2.19. The average Bonchev–Trinajstić information content (AvgIpc) is 3.14. The topological polar surface area (TPSA) is 64.3 Å². The molecule has 1 aromatic carbocycles. The Labute approximate surface area is 116 Å². The lowest BCUT2D eigenvalue weighted by atomic mass is 10.1. The summed E-state index contributed by atoms with van der Waals surface area (Å²) < 4.78 is 6.53. The van der Waals surface area contributed by atoms with Crippen LogP contribution in [0.15, 0.2) is 30.6 Å². The third-order valence-electron chi connectivity index (χ3n) is 3.51. The SMILES string of the molecule is COC(=O)c1ccc(-c2cnn(CC3CC3)c2)c(O)c1. The van der Waals surface area contributed by atoms with Crippen LogP contribution in [0.4, 0.5) is 0 Å². The van der Waals surface area contributed by atoms with E-state index >= 15 is 0 Å². The summed E-state index contributed by atoms with van der Waals surface area (Å²) in [7, 11) is 1.31. The van der Waals surface area contributed by atoms with Crippen molar-refractivity contribution in [1.82, 2.24) is 9.78 Å². The molecule has 0 saturated heterocycles. The summed E-state index contributed by atoms with van der Waals surface area (Å²) >= 11 is 0. The monoisotopic (exact) mass is 272 g/mol. The largest absolute Gasteiger partial charge is 0.507 e. The summed E-state index contributed by atoms with van der Waals surface area (Å²) in [6.45, 7) is 0.932. The number of aromatic hydroxyl groups is 1. The van der Waals surface area contributed by atoms with Crippen LogP contribution in [0.5, 0.6) is 5.75 Å². The average molecular weight is 272 g/mol. The van der Waals surface area contributed by atoms with Crippen LogP contribution in [0.1, 0.15) is 23.2 Å². The Hall–Kier alpha value is -2.30. The Morgan fingerprint density at radius 1 is 1.50 bits per heavy atom. The minimum absolute atomic E-state index is 0.0545. The van der Waals surface area contributed by atoms with E-state index in [-0.39, 0.29) is 5.75 Å². The van der Waals surface area contributed by atoms with E-state index in [4.69, 9.17) is 0 Å². The van der Waals surface area contributed by atoms with Crippen molar-refractivity contribution in [2.24, 2.45) is 5.92 Å². The molecule has 1 aromatic heterocycles. The van der Waals surface area contributed by atoms with Gasteiger partial charge in [0.05, 0.1) is 18.9 Å². The molecular formula is C15H16N2O3. The van der Waals surface area contributed by atoms with Crippen LogP contribution in [0.2, 0.25) is 0 Å². The van der Waals surface area contributed by atoms with Gasteiger partial charge in [-0.05, 0) is 37.0 Å². The first kappa shape index (κ1) is 12.7. The number of ether oxygens (including phenoxy) is 1. The van der Waals surface area contributed by atoms with E-state index < -0.39 is 5.97 Å². The van der Waals surface area contributed by atoms with Crippen LogP contribution in [-0.2, 0) is 11.3 Å². The van der Waals surface area contributed by atoms with Crippen molar-refractivity contribution in [3.63, 3.8) is 0 Å². The molecule has 0 spiro atoms. The van der Waals surface area contributed by atoms with Crippen LogP contribution in [0.25, 0.3) is 11.1 Å². The molecule has 1 saturated carbocycles. The summed E-state index contributed by atoms with van der Waals surface area (Å²) in [5.41, 5.74) is 1.85. The highest BCUT2D eigenvalue weighted by Gasteiger charge is 2.22. The fraction of sp³-hybridized carbons (Fsp3) is 0.333. The fourth-order valence-electron chi connectivity index (χ4n) is 2.19. The number of carbonyl (C=O) groups is 1. The molecule has 5 heteroatoms. The molecule has 5 nitrogen and oxygen atoms in total. The number of esters is 1. The molecular weight excluding hydrogens is 256 g/mol. The third kappa shape index (κ3) is 2.52. The summed E-state index contributed by atoms with van der Waals surface area (Å²) in [6.07, 6.45) is 6.20. The van der Waals surface area contributed by atoms with Gasteiger partial charge in [-0.2, -0.15) is 5.10 Å². The molecule has 1 fully saturated rings.